The average molecular weight is 568 g/mol. The lowest BCUT2D eigenvalue weighted by atomic mass is 9.93. The van der Waals surface area contributed by atoms with Crippen LogP contribution in [0.3, 0.4) is 0 Å². The van der Waals surface area contributed by atoms with Crippen LogP contribution in [0.25, 0.3) is 0 Å². The number of unbranched alkanes of at least 4 members (excludes halogenated alkanes) is 15. The van der Waals surface area contributed by atoms with Crippen LogP contribution in [-0.2, 0) is 14.4 Å². The molecular formula is C33H61NO6. The van der Waals surface area contributed by atoms with Gasteiger partial charge < -0.3 is 20.1 Å². The first-order chi connectivity index (χ1) is 19.2. The number of carboxylic acid groups (broad SMARTS) is 3. The third kappa shape index (κ3) is 14.1. The molecule has 40 heavy (non-hydrogen) atoms. The second-order valence-electron chi connectivity index (χ2n) is 11.5. The number of aliphatic carboxylic acids is 3. The Kier molecular flexibility index (Phi) is 22.7. The van der Waals surface area contributed by atoms with E-state index in [1.165, 1.54) is 70.6 Å². The summed E-state index contributed by atoms with van der Waals surface area (Å²) < 4.78 is -0.469. The van der Waals surface area contributed by atoms with Gasteiger partial charge in [0.25, 0.3) is 0 Å². The molecule has 0 spiro atoms. The van der Waals surface area contributed by atoms with E-state index in [0.717, 1.165) is 32.1 Å². The van der Waals surface area contributed by atoms with E-state index in [2.05, 4.69) is 19.1 Å². The number of carboxylic acids is 3. The maximum Gasteiger partial charge on any atom is 0.362 e. The molecule has 0 heterocycles. The molecule has 2 N–H and O–H groups in total. The Hall–Kier alpha value is -1.89. The van der Waals surface area contributed by atoms with Crippen LogP contribution in [0, 0.1) is 0 Å². The topological polar surface area (TPSA) is 115 Å². The number of carbonyl (C=O) groups is 3. The van der Waals surface area contributed by atoms with Gasteiger partial charge in [-0.3, -0.25) is 4.48 Å². The summed E-state index contributed by atoms with van der Waals surface area (Å²) in [5, 5.41) is 32.1. The third-order valence-electron chi connectivity index (χ3n) is 8.55. The first kappa shape index (κ1) is 38.1. The highest BCUT2D eigenvalue weighted by atomic mass is 16.4. The van der Waals surface area contributed by atoms with Crippen molar-refractivity contribution in [1.29, 1.82) is 0 Å². The summed E-state index contributed by atoms with van der Waals surface area (Å²) in [5.41, 5.74) is 0. The molecule has 0 amide bonds. The van der Waals surface area contributed by atoms with Crippen molar-refractivity contribution in [3.63, 3.8) is 0 Å². The van der Waals surface area contributed by atoms with Crippen LogP contribution in [0.15, 0.2) is 12.2 Å². The molecule has 0 bridgehead atoms. The lowest BCUT2D eigenvalue weighted by Crippen LogP contribution is -2.73. The van der Waals surface area contributed by atoms with Crippen LogP contribution in [0.4, 0.5) is 0 Å². The predicted octanol–water partition coefficient (Wildman–Crippen LogP) is 7.27. The van der Waals surface area contributed by atoms with Crippen molar-refractivity contribution in [3.8, 4) is 0 Å². The Morgan fingerprint density at radius 1 is 0.575 bits per heavy atom. The van der Waals surface area contributed by atoms with Gasteiger partial charge in [0.1, 0.15) is 6.04 Å². The lowest BCUT2D eigenvalue weighted by molar-refractivity contribution is -0.974. The van der Waals surface area contributed by atoms with Crippen LogP contribution >= 0.6 is 0 Å². The number of quaternary nitrogens is 1. The molecule has 0 fully saturated rings. The minimum atomic E-state index is -1.37. The Balaban J connectivity index is 4.53. The zero-order chi connectivity index (χ0) is 30.2. The minimum Gasteiger partial charge on any atom is -0.544 e. The van der Waals surface area contributed by atoms with E-state index in [1.807, 2.05) is 0 Å². The minimum absolute atomic E-state index is 0.129. The van der Waals surface area contributed by atoms with Gasteiger partial charge in [0.05, 0.1) is 12.5 Å². The molecule has 234 valence electrons. The first-order valence-electron chi connectivity index (χ1n) is 16.4. The smallest absolute Gasteiger partial charge is 0.362 e. The third-order valence-corrected chi connectivity index (χ3v) is 8.55. The van der Waals surface area contributed by atoms with Gasteiger partial charge in [0, 0.05) is 19.3 Å². The summed E-state index contributed by atoms with van der Waals surface area (Å²) in [7, 11) is 0. The van der Waals surface area contributed by atoms with Crippen molar-refractivity contribution in [2.45, 2.75) is 174 Å². The van der Waals surface area contributed by atoms with Crippen LogP contribution in [0.1, 0.15) is 156 Å². The first-order valence-corrected chi connectivity index (χ1v) is 16.4. The van der Waals surface area contributed by atoms with E-state index in [-0.39, 0.29) is 25.8 Å². The molecule has 0 radical (unpaired) electrons. The monoisotopic (exact) mass is 567 g/mol. The number of allylic oxidation sites excluding steroid dienone is 2. The highest BCUT2D eigenvalue weighted by Crippen LogP contribution is 2.32. The van der Waals surface area contributed by atoms with Crippen molar-refractivity contribution < 1.29 is 34.2 Å². The van der Waals surface area contributed by atoms with Gasteiger partial charge >= 0.3 is 11.9 Å². The molecular weight excluding hydrogens is 506 g/mol. The summed E-state index contributed by atoms with van der Waals surface area (Å²) in [5.74, 6) is -3.65. The fraction of sp³-hybridized carbons (Fsp3) is 0.848. The van der Waals surface area contributed by atoms with Crippen molar-refractivity contribution >= 4 is 17.9 Å². The van der Waals surface area contributed by atoms with E-state index in [4.69, 9.17) is 0 Å². The molecule has 7 heteroatoms. The summed E-state index contributed by atoms with van der Waals surface area (Å²) >= 11 is 0. The molecule has 0 aromatic heterocycles. The zero-order valence-electron chi connectivity index (χ0n) is 26.2. The molecule has 3 unspecified atom stereocenters. The van der Waals surface area contributed by atoms with E-state index in [9.17, 15) is 29.7 Å². The van der Waals surface area contributed by atoms with Gasteiger partial charge in [0.2, 0.25) is 0 Å². The molecule has 0 saturated heterocycles. The van der Waals surface area contributed by atoms with E-state index >= 15 is 0 Å². The fourth-order valence-corrected chi connectivity index (χ4v) is 6.43. The number of carbonyl (C=O) groups excluding carboxylic acids is 1. The summed E-state index contributed by atoms with van der Waals surface area (Å²) in [6.07, 6.45) is 25.2. The molecule has 0 rings (SSSR count). The number of rotatable bonds is 28. The van der Waals surface area contributed by atoms with E-state index in [0.29, 0.717) is 6.42 Å². The van der Waals surface area contributed by atoms with Crippen molar-refractivity contribution in [1.82, 2.24) is 0 Å². The highest BCUT2D eigenvalue weighted by molar-refractivity contribution is 5.77. The maximum absolute atomic E-state index is 12.2. The Morgan fingerprint density at radius 2 is 0.925 bits per heavy atom. The second-order valence-corrected chi connectivity index (χ2v) is 11.5. The van der Waals surface area contributed by atoms with Crippen molar-refractivity contribution in [2.75, 3.05) is 6.54 Å². The summed E-state index contributed by atoms with van der Waals surface area (Å²) in [4.78, 5) is 36.6. The summed E-state index contributed by atoms with van der Waals surface area (Å²) in [6.45, 7) is 7.52. The van der Waals surface area contributed by atoms with Crippen molar-refractivity contribution in [3.05, 3.63) is 12.2 Å². The van der Waals surface area contributed by atoms with E-state index < -0.39 is 40.5 Å². The van der Waals surface area contributed by atoms with Crippen LogP contribution in [0.2, 0.25) is 0 Å². The summed E-state index contributed by atoms with van der Waals surface area (Å²) in [6, 6.07) is -3.38. The Labute approximate surface area is 245 Å². The fourth-order valence-electron chi connectivity index (χ4n) is 6.43. The van der Waals surface area contributed by atoms with Gasteiger partial charge in [0.15, 0.2) is 12.1 Å². The number of nitrogens with zero attached hydrogens (tertiary/aromatic N) is 1. The van der Waals surface area contributed by atoms with Crippen molar-refractivity contribution in [2.24, 2.45) is 0 Å². The molecule has 0 saturated carbocycles. The lowest BCUT2D eigenvalue weighted by Gasteiger charge is -2.51. The average Bonchev–Trinajstić information content (AvgIpc) is 2.90. The van der Waals surface area contributed by atoms with Gasteiger partial charge in [-0.2, -0.15) is 0 Å². The quantitative estimate of drug-likeness (QED) is 0.0584. The maximum atomic E-state index is 12.2. The SMILES string of the molecule is CCCCCCCCC/C=C/CCCCCCCCCC[N+](C(CC)C(=O)[O-])(C(CC)C(=O)O)C(CC)C(=O)O. The van der Waals surface area contributed by atoms with E-state index in [1.54, 1.807) is 20.8 Å². The van der Waals surface area contributed by atoms with Crippen LogP contribution in [-0.4, -0.2) is 57.3 Å². The zero-order valence-corrected chi connectivity index (χ0v) is 26.2. The normalized spacial score (nSPS) is 15.5. The number of hydrogen-bond acceptors (Lipinski definition) is 4. The largest absolute Gasteiger partial charge is 0.544 e. The molecule has 0 aromatic rings. The van der Waals surface area contributed by atoms with Gasteiger partial charge in [-0.1, -0.05) is 110 Å². The standard InChI is InChI=1S/C33H61NO6/c1-5-9-10-11-12-13-14-15-16-17-18-19-20-21-22-23-24-25-26-27-34(28(6-2)31(35)36,29(7-3)32(37)38)30(8-4)33(39)40/h16-17,28-30H,5-15,18-27H2,1-4H3,(H2-,35,36,37,38,39,40)/b17-16+. The molecule has 0 aliphatic heterocycles. The molecule has 0 aromatic carbocycles. The highest BCUT2D eigenvalue weighted by Gasteiger charge is 2.53. The molecule has 0 aliphatic rings. The van der Waals surface area contributed by atoms with Gasteiger partial charge in [-0.25, -0.2) is 9.59 Å². The Morgan fingerprint density at radius 3 is 1.25 bits per heavy atom. The Bertz CT molecular complexity index is 652. The molecule has 7 nitrogen and oxygen atoms in total. The van der Waals surface area contributed by atoms with Gasteiger partial charge in [-0.05, 0) is 38.5 Å². The predicted molar refractivity (Wildman–Crippen MR) is 161 cm³/mol. The molecule has 3 atom stereocenters. The number of hydrogen-bond donors (Lipinski definition) is 2. The second kappa shape index (κ2) is 23.8. The molecule has 0 aliphatic carbocycles. The van der Waals surface area contributed by atoms with Crippen LogP contribution in [0.5, 0.6) is 0 Å². The van der Waals surface area contributed by atoms with Gasteiger partial charge in [-0.15, -0.1) is 0 Å². The van der Waals surface area contributed by atoms with Crippen LogP contribution < -0.4 is 5.11 Å².